The maximum Gasteiger partial charge on any atom is 0.389 e. The first-order valence-electron chi connectivity index (χ1n) is 4.60. The number of aromatic nitrogens is 1. The first-order valence-corrected chi connectivity index (χ1v) is 5.39. The third kappa shape index (κ3) is 4.69. The summed E-state index contributed by atoms with van der Waals surface area (Å²) in [7, 11) is 0. The molecule has 0 aliphatic carbocycles. The van der Waals surface area contributed by atoms with Gasteiger partial charge in [-0.1, -0.05) is 0 Å². The van der Waals surface area contributed by atoms with E-state index in [2.05, 4.69) is 26.2 Å². The highest BCUT2D eigenvalue weighted by atomic mass is 79.9. The van der Waals surface area contributed by atoms with Crippen LogP contribution in [0.2, 0.25) is 0 Å². The SMILES string of the molecule is Nc1cnc(NCCCC(F)(F)F)c(Br)c1. The summed E-state index contributed by atoms with van der Waals surface area (Å²) in [5.41, 5.74) is 5.96. The van der Waals surface area contributed by atoms with Gasteiger partial charge in [0.2, 0.25) is 0 Å². The molecule has 3 N–H and O–H groups in total. The van der Waals surface area contributed by atoms with Gasteiger partial charge in [-0.15, -0.1) is 0 Å². The smallest absolute Gasteiger partial charge is 0.389 e. The molecule has 0 aliphatic rings. The number of anilines is 2. The van der Waals surface area contributed by atoms with Crippen LogP contribution in [0.1, 0.15) is 12.8 Å². The first-order chi connectivity index (χ1) is 7.38. The van der Waals surface area contributed by atoms with Gasteiger partial charge in [-0.3, -0.25) is 0 Å². The van der Waals surface area contributed by atoms with Crippen LogP contribution in [0.4, 0.5) is 24.7 Å². The number of nitrogen functional groups attached to an aromatic ring is 1. The van der Waals surface area contributed by atoms with Gasteiger partial charge < -0.3 is 11.1 Å². The molecule has 0 amide bonds. The van der Waals surface area contributed by atoms with Crippen molar-refractivity contribution in [1.82, 2.24) is 4.98 Å². The molecule has 0 radical (unpaired) electrons. The van der Waals surface area contributed by atoms with Crippen molar-refractivity contribution in [3.8, 4) is 0 Å². The molecule has 90 valence electrons. The summed E-state index contributed by atoms with van der Waals surface area (Å²) in [6.07, 6.45) is -3.45. The van der Waals surface area contributed by atoms with Gasteiger partial charge in [0.1, 0.15) is 5.82 Å². The zero-order valence-corrected chi connectivity index (χ0v) is 9.90. The van der Waals surface area contributed by atoms with Crippen LogP contribution in [0.3, 0.4) is 0 Å². The highest BCUT2D eigenvalue weighted by Gasteiger charge is 2.25. The van der Waals surface area contributed by atoms with E-state index in [0.717, 1.165) is 0 Å². The van der Waals surface area contributed by atoms with Crippen molar-refractivity contribution in [3.63, 3.8) is 0 Å². The lowest BCUT2D eigenvalue weighted by atomic mass is 10.3. The van der Waals surface area contributed by atoms with E-state index >= 15 is 0 Å². The molecule has 0 bridgehead atoms. The second-order valence-corrected chi connectivity index (χ2v) is 4.10. The molecule has 1 aromatic rings. The average Bonchev–Trinajstić information content (AvgIpc) is 2.13. The Balaban J connectivity index is 2.38. The number of nitrogens with zero attached hydrogens (tertiary/aromatic N) is 1. The molecule has 0 spiro atoms. The molecule has 0 aromatic carbocycles. The Hall–Kier alpha value is -0.980. The number of rotatable bonds is 4. The molecule has 1 aromatic heterocycles. The summed E-state index contributed by atoms with van der Waals surface area (Å²) in [5, 5.41) is 2.80. The van der Waals surface area contributed by atoms with E-state index in [1.54, 1.807) is 6.07 Å². The fraction of sp³-hybridized carbons (Fsp3) is 0.444. The molecule has 0 aliphatic heterocycles. The van der Waals surface area contributed by atoms with Gasteiger partial charge >= 0.3 is 6.18 Å². The van der Waals surface area contributed by atoms with E-state index in [9.17, 15) is 13.2 Å². The topological polar surface area (TPSA) is 50.9 Å². The van der Waals surface area contributed by atoms with Crippen LogP contribution in [0.15, 0.2) is 16.7 Å². The molecule has 0 atom stereocenters. The Labute approximate surface area is 99.4 Å². The summed E-state index contributed by atoms with van der Waals surface area (Å²) in [5.74, 6) is 0.497. The van der Waals surface area contributed by atoms with Crippen molar-refractivity contribution in [2.75, 3.05) is 17.6 Å². The number of nitrogens with one attached hydrogen (secondary N) is 1. The van der Waals surface area contributed by atoms with Crippen molar-refractivity contribution < 1.29 is 13.2 Å². The second-order valence-electron chi connectivity index (χ2n) is 3.24. The molecule has 16 heavy (non-hydrogen) atoms. The van der Waals surface area contributed by atoms with Crippen LogP contribution < -0.4 is 11.1 Å². The van der Waals surface area contributed by atoms with E-state index in [1.807, 2.05) is 0 Å². The zero-order chi connectivity index (χ0) is 12.2. The Kier molecular flexibility index (Phi) is 4.40. The molecular weight excluding hydrogens is 287 g/mol. The predicted molar refractivity (Wildman–Crippen MR) is 60.1 cm³/mol. The molecule has 1 heterocycles. The first kappa shape index (κ1) is 13.1. The molecule has 1 rings (SSSR count). The van der Waals surface area contributed by atoms with E-state index in [-0.39, 0.29) is 13.0 Å². The molecule has 7 heteroatoms. The number of hydrogen-bond acceptors (Lipinski definition) is 3. The fourth-order valence-electron chi connectivity index (χ4n) is 1.08. The van der Waals surface area contributed by atoms with Crippen LogP contribution >= 0.6 is 15.9 Å². The minimum atomic E-state index is -4.10. The van der Waals surface area contributed by atoms with Crippen LogP contribution in [-0.4, -0.2) is 17.7 Å². The van der Waals surface area contributed by atoms with Crippen molar-refractivity contribution in [3.05, 3.63) is 16.7 Å². The lowest BCUT2D eigenvalue weighted by Crippen LogP contribution is -2.11. The summed E-state index contributed by atoms with van der Waals surface area (Å²) < 4.78 is 36.2. The minimum absolute atomic E-state index is 0.0159. The maximum atomic E-state index is 11.8. The minimum Gasteiger partial charge on any atom is -0.397 e. The molecule has 0 unspecified atom stereocenters. The summed E-state index contributed by atoms with van der Waals surface area (Å²) >= 11 is 3.21. The lowest BCUT2D eigenvalue weighted by Gasteiger charge is -2.09. The van der Waals surface area contributed by atoms with E-state index < -0.39 is 12.6 Å². The highest BCUT2D eigenvalue weighted by molar-refractivity contribution is 9.10. The summed E-state index contributed by atoms with van der Waals surface area (Å²) in [6.45, 7) is 0.217. The summed E-state index contributed by atoms with van der Waals surface area (Å²) in [4.78, 5) is 3.95. The zero-order valence-electron chi connectivity index (χ0n) is 8.31. The molecule has 0 saturated carbocycles. The average molecular weight is 298 g/mol. The normalized spacial score (nSPS) is 11.5. The van der Waals surface area contributed by atoms with Gasteiger partial charge in [0.15, 0.2) is 0 Å². The Morgan fingerprint density at radius 3 is 2.69 bits per heavy atom. The molecule has 3 nitrogen and oxygen atoms in total. The van der Waals surface area contributed by atoms with E-state index in [4.69, 9.17) is 5.73 Å². The van der Waals surface area contributed by atoms with Crippen LogP contribution in [0.5, 0.6) is 0 Å². The Morgan fingerprint density at radius 2 is 2.12 bits per heavy atom. The Morgan fingerprint density at radius 1 is 1.44 bits per heavy atom. The van der Waals surface area contributed by atoms with Gasteiger partial charge in [0.05, 0.1) is 16.4 Å². The van der Waals surface area contributed by atoms with Crippen molar-refractivity contribution in [1.29, 1.82) is 0 Å². The third-order valence-corrected chi connectivity index (χ3v) is 2.40. The summed E-state index contributed by atoms with van der Waals surface area (Å²) in [6, 6.07) is 1.64. The van der Waals surface area contributed by atoms with Crippen molar-refractivity contribution in [2.45, 2.75) is 19.0 Å². The second kappa shape index (κ2) is 5.38. The van der Waals surface area contributed by atoms with Gasteiger partial charge in [0, 0.05) is 13.0 Å². The van der Waals surface area contributed by atoms with Crippen LogP contribution in [0.25, 0.3) is 0 Å². The molecular formula is C9H11BrF3N3. The highest BCUT2D eigenvalue weighted by Crippen LogP contribution is 2.23. The maximum absolute atomic E-state index is 11.8. The van der Waals surface area contributed by atoms with Gasteiger partial charge in [-0.05, 0) is 28.4 Å². The lowest BCUT2D eigenvalue weighted by molar-refractivity contribution is -0.134. The predicted octanol–water partition coefficient (Wildman–Crippen LogP) is 3.18. The van der Waals surface area contributed by atoms with E-state index in [1.165, 1.54) is 6.20 Å². The number of alkyl halides is 3. The quantitative estimate of drug-likeness (QED) is 0.839. The van der Waals surface area contributed by atoms with Crippen LogP contribution in [-0.2, 0) is 0 Å². The number of nitrogens with two attached hydrogens (primary N) is 1. The molecule has 0 saturated heterocycles. The van der Waals surface area contributed by atoms with E-state index in [0.29, 0.717) is 16.0 Å². The van der Waals surface area contributed by atoms with Gasteiger partial charge in [0.25, 0.3) is 0 Å². The fourth-order valence-corrected chi connectivity index (χ4v) is 1.59. The standard InChI is InChI=1S/C9H11BrF3N3/c10-7-4-6(14)5-16-8(7)15-3-1-2-9(11,12)13/h4-5H,1-3,14H2,(H,15,16). The Bertz CT molecular complexity index is 354. The largest absolute Gasteiger partial charge is 0.397 e. The van der Waals surface area contributed by atoms with Gasteiger partial charge in [-0.2, -0.15) is 13.2 Å². The van der Waals surface area contributed by atoms with Crippen molar-refractivity contribution in [2.24, 2.45) is 0 Å². The van der Waals surface area contributed by atoms with Crippen LogP contribution in [0, 0.1) is 0 Å². The monoisotopic (exact) mass is 297 g/mol. The number of hydrogen-bond donors (Lipinski definition) is 2. The molecule has 0 fully saturated rings. The number of halogens is 4. The number of pyridine rings is 1. The van der Waals surface area contributed by atoms with Gasteiger partial charge in [-0.25, -0.2) is 4.98 Å². The van der Waals surface area contributed by atoms with Crippen molar-refractivity contribution >= 4 is 27.4 Å². The third-order valence-electron chi connectivity index (χ3n) is 1.79.